The molecule has 3 heterocycles. The molecular weight excluding hydrogens is 332 g/mol. The fourth-order valence-corrected chi connectivity index (χ4v) is 3.87. The molecule has 0 N–H and O–H groups in total. The molecule has 4 rings (SSSR count). The van der Waals surface area contributed by atoms with Crippen LogP contribution in [-0.4, -0.2) is 22.3 Å². The van der Waals surface area contributed by atoms with Crippen molar-refractivity contribution in [1.82, 2.24) is 9.88 Å². The molecule has 5 heteroatoms. The summed E-state index contributed by atoms with van der Waals surface area (Å²) in [6.45, 7) is 0.793. The van der Waals surface area contributed by atoms with Crippen molar-refractivity contribution in [3.05, 3.63) is 76.6 Å². The zero-order chi connectivity index (χ0) is 17.1. The van der Waals surface area contributed by atoms with E-state index in [0.29, 0.717) is 11.4 Å². The average molecular weight is 350 g/mol. The molecule has 126 valence electrons. The van der Waals surface area contributed by atoms with E-state index >= 15 is 0 Å². The fraction of sp³-hybridized carbons (Fsp3) is 0.200. The molecule has 0 bridgehead atoms. The van der Waals surface area contributed by atoms with Gasteiger partial charge in [0, 0.05) is 18.8 Å². The number of hydrogen-bond donors (Lipinski definition) is 0. The molecule has 0 aliphatic carbocycles. The van der Waals surface area contributed by atoms with Crippen LogP contribution >= 0.6 is 11.3 Å². The largest absolute Gasteiger partial charge is 0.439 e. The Morgan fingerprint density at radius 1 is 1.16 bits per heavy atom. The highest BCUT2D eigenvalue weighted by molar-refractivity contribution is 7.08. The molecule has 1 amide bonds. The van der Waals surface area contributed by atoms with Gasteiger partial charge in [0.25, 0.3) is 5.91 Å². The van der Waals surface area contributed by atoms with Gasteiger partial charge in [-0.1, -0.05) is 18.2 Å². The van der Waals surface area contributed by atoms with Crippen LogP contribution in [0.4, 0.5) is 0 Å². The maximum Gasteiger partial charge on any atom is 0.255 e. The Morgan fingerprint density at radius 3 is 2.76 bits per heavy atom. The second kappa shape index (κ2) is 7.07. The number of ether oxygens (including phenoxy) is 1. The monoisotopic (exact) mass is 350 g/mol. The van der Waals surface area contributed by atoms with Gasteiger partial charge < -0.3 is 9.64 Å². The van der Waals surface area contributed by atoms with Crippen molar-refractivity contribution in [1.29, 1.82) is 0 Å². The lowest BCUT2D eigenvalue weighted by atomic mass is 10.1. The van der Waals surface area contributed by atoms with Gasteiger partial charge in [-0.25, -0.2) is 4.98 Å². The Bertz CT molecular complexity index is 832. The van der Waals surface area contributed by atoms with Crippen LogP contribution in [0.25, 0.3) is 0 Å². The van der Waals surface area contributed by atoms with Crippen molar-refractivity contribution >= 4 is 17.2 Å². The van der Waals surface area contributed by atoms with Gasteiger partial charge in [-0.2, -0.15) is 11.3 Å². The molecule has 2 aromatic heterocycles. The van der Waals surface area contributed by atoms with Gasteiger partial charge >= 0.3 is 0 Å². The van der Waals surface area contributed by atoms with Crippen molar-refractivity contribution in [3.8, 4) is 11.6 Å². The number of benzene rings is 1. The Morgan fingerprint density at radius 2 is 2.04 bits per heavy atom. The Kier molecular flexibility index (Phi) is 4.48. The lowest BCUT2D eigenvalue weighted by Crippen LogP contribution is -2.30. The van der Waals surface area contributed by atoms with Gasteiger partial charge in [0.15, 0.2) is 0 Å². The average Bonchev–Trinajstić information content (AvgIpc) is 3.34. The highest BCUT2D eigenvalue weighted by Crippen LogP contribution is 2.34. The summed E-state index contributed by atoms with van der Waals surface area (Å²) < 4.78 is 5.68. The number of nitrogens with zero attached hydrogens (tertiary/aromatic N) is 2. The van der Waals surface area contributed by atoms with Gasteiger partial charge in [0.05, 0.1) is 11.6 Å². The number of thiophene rings is 1. The molecular formula is C20H18N2O2S. The van der Waals surface area contributed by atoms with E-state index in [9.17, 15) is 4.79 Å². The van der Waals surface area contributed by atoms with Gasteiger partial charge in [-0.05, 0) is 53.4 Å². The summed E-state index contributed by atoms with van der Waals surface area (Å²) in [5, 5.41) is 4.19. The zero-order valence-electron chi connectivity index (χ0n) is 13.7. The van der Waals surface area contributed by atoms with Crippen molar-refractivity contribution in [3.63, 3.8) is 0 Å². The van der Waals surface area contributed by atoms with E-state index in [2.05, 4.69) is 21.8 Å². The predicted molar refractivity (Wildman–Crippen MR) is 98.1 cm³/mol. The van der Waals surface area contributed by atoms with E-state index in [1.165, 1.54) is 5.56 Å². The maximum atomic E-state index is 12.9. The lowest BCUT2D eigenvalue weighted by molar-refractivity contribution is 0.0735. The number of hydrogen-bond acceptors (Lipinski definition) is 4. The Hall–Kier alpha value is -2.66. The Labute approximate surface area is 150 Å². The first-order valence-corrected chi connectivity index (χ1v) is 9.27. The highest BCUT2D eigenvalue weighted by atomic mass is 32.1. The van der Waals surface area contributed by atoms with Gasteiger partial charge in [-0.3, -0.25) is 4.79 Å². The third-order valence-electron chi connectivity index (χ3n) is 4.39. The normalized spacial score (nSPS) is 16.8. The van der Waals surface area contributed by atoms with E-state index < -0.39 is 0 Å². The van der Waals surface area contributed by atoms with Crippen LogP contribution in [0.15, 0.2) is 65.5 Å². The lowest BCUT2D eigenvalue weighted by Gasteiger charge is -2.24. The first-order chi connectivity index (χ1) is 12.3. The van der Waals surface area contributed by atoms with Crippen LogP contribution in [0.2, 0.25) is 0 Å². The fourth-order valence-electron chi connectivity index (χ4n) is 3.16. The number of pyridine rings is 1. The van der Waals surface area contributed by atoms with Crippen LogP contribution in [0.5, 0.6) is 11.6 Å². The van der Waals surface area contributed by atoms with E-state index in [4.69, 9.17) is 4.74 Å². The summed E-state index contributed by atoms with van der Waals surface area (Å²) in [6, 6.07) is 15.3. The Balaban J connectivity index is 1.49. The van der Waals surface area contributed by atoms with E-state index in [-0.39, 0.29) is 11.9 Å². The molecule has 0 spiro atoms. The second-order valence-electron chi connectivity index (χ2n) is 6.01. The highest BCUT2D eigenvalue weighted by Gasteiger charge is 2.30. The van der Waals surface area contributed by atoms with Gasteiger partial charge in [-0.15, -0.1) is 0 Å². The number of likely N-dealkylation sites (tertiary alicyclic amines) is 1. The first-order valence-electron chi connectivity index (χ1n) is 8.33. The van der Waals surface area contributed by atoms with Crippen LogP contribution < -0.4 is 4.74 Å². The van der Waals surface area contributed by atoms with Gasteiger partial charge in [0.2, 0.25) is 5.88 Å². The first kappa shape index (κ1) is 15.8. The summed E-state index contributed by atoms with van der Waals surface area (Å²) in [7, 11) is 0. The number of rotatable bonds is 4. The van der Waals surface area contributed by atoms with E-state index in [0.717, 1.165) is 25.1 Å². The van der Waals surface area contributed by atoms with Crippen LogP contribution in [-0.2, 0) is 0 Å². The van der Waals surface area contributed by atoms with E-state index in [1.54, 1.807) is 29.7 Å². The number of aromatic nitrogens is 1. The number of carbonyl (C=O) groups is 1. The molecule has 1 fully saturated rings. The molecule has 1 aliphatic rings. The summed E-state index contributed by atoms with van der Waals surface area (Å²) >= 11 is 1.67. The third kappa shape index (κ3) is 3.42. The molecule has 1 aliphatic heterocycles. The summed E-state index contributed by atoms with van der Waals surface area (Å²) in [5.74, 6) is 1.25. The molecule has 1 aromatic carbocycles. The van der Waals surface area contributed by atoms with Crippen LogP contribution in [0.1, 0.15) is 34.8 Å². The number of carbonyl (C=O) groups excluding carboxylic acids is 1. The SMILES string of the molecule is O=C(c1ccc(Oc2ccccc2)nc1)N1CCC[C@@H]1c1ccsc1. The molecule has 0 saturated carbocycles. The zero-order valence-corrected chi connectivity index (χ0v) is 14.5. The molecule has 0 radical (unpaired) electrons. The van der Waals surface area contributed by atoms with Gasteiger partial charge in [0.1, 0.15) is 5.75 Å². The van der Waals surface area contributed by atoms with E-state index in [1.807, 2.05) is 35.2 Å². The van der Waals surface area contributed by atoms with Crippen molar-refractivity contribution < 1.29 is 9.53 Å². The summed E-state index contributed by atoms with van der Waals surface area (Å²) in [4.78, 5) is 19.1. The van der Waals surface area contributed by atoms with Crippen LogP contribution in [0, 0.1) is 0 Å². The minimum Gasteiger partial charge on any atom is -0.439 e. The summed E-state index contributed by atoms with van der Waals surface area (Å²) in [6.07, 6.45) is 3.66. The topological polar surface area (TPSA) is 42.4 Å². The third-order valence-corrected chi connectivity index (χ3v) is 5.09. The molecule has 0 unspecified atom stereocenters. The van der Waals surface area contributed by atoms with Crippen molar-refractivity contribution in [2.75, 3.05) is 6.54 Å². The van der Waals surface area contributed by atoms with Crippen molar-refractivity contribution in [2.45, 2.75) is 18.9 Å². The van der Waals surface area contributed by atoms with Crippen LogP contribution in [0.3, 0.4) is 0 Å². The standard InChI is InChI=1S/C20H18N2O2S/c23-20(22-11-4-7-18(22)16-10-12-25-14-16)15-8-9-19(21-13-15)24-17-5-2-1-3-6-17/h1-3,5-6,8-10,12-14,18H,4,7,11H2/t18-/m1/s1. The molecule has 4 nitrogen and oxygen atoms in total. The predicted octanol–water partition coefficient (Wildman–Crippen LogP) is 4.91. The van der Waals surface area contributed by atoms with Crippen molar-refractivity contribution in [2.24, 2.45) is 0 Å². The smallest absolute Gasteiger partial charge is 0.255 e. The number of amides is 1. The minimum atomic E-state index is 0.0347. The summed E-state index contributed by atoms with van der Waals surface area (Å²) in [5.41, 5.74) is 1.83. The maximum absolute atomic E-state index is 12.9. The molecule has 1 atom stereocenters. The molecule has 3 aromatic rings. The molecule has 1 saturated heterocycles. The number of para-hydroxylation sites is 1. The molecule has 25 heavy (non-hydrogen) atoms. The quantitative estimate of drug-likeness (QED) is 0.671. The second-order valence-corrected chi connectivity index (χ2v) is 6.79. The minimum absolute atomic E-state index is 0.0347.